The molecule has 0 aliphatic heterocycles. The Labute approximate surface area is 124 Å². The molecule has 0 heterocycles. The molecule has 0 radical (unpaired) electrons. The maximum absolute atomic E-state index is 5.80. The van der Waals surface area contributed by atoms with Gasteiger partial charge in [0, 0.05) is 0 Å². The fourth-order valence-electron chi connectivity index (χ4n) is 1.69. The van der Waals surface area contributed by atoms with E-state index in [4.69, 9.17) is 23.9 Å². The molecule has 1 unspecified atom stereocenters. The lowest BCUT2D eigenvalue weighted by molar-refractivity contribution is -0.374. The summed E-state index contributed by atoms with van der Waals surface area (Å²) in [5, 5.41) is 0. The van der Waals surface area contributed by atoms with E-state index in [-0.39, 0.29) is 0 Å². The molecule has 1 rings (SSSR count). The van der Waals surface area contributed by atoms with Gasteiger partial charge in [-0.3, -0.25) is 0 Å². The molecule has 0 bridgehead atoms. The highest BCUT2D eigenvalue weighted by Crippen LogP contribution is 2.27. The van der Waals surface area contributed by atoms with E-state index in [0.717, 1.165) is 5.56 Å². The lowest BCUT2D eigenvalue weighted by atomic mass is 10.1. The van der Waals surface area contributed by atoms with Gasteiger partial charge in [-0.05, 0) is 18.5 Å². The normalized spacial score (nSPS) is 13.3. The minimum Gasteiger partial charge on any atom is -0.340 e. The van der Waals surface area contributed by atoms with Crippen molar-refractivity contribution in [3.8, 4) is 0 Å². The van der Waals surface area contributed by atoms with Crippen LogP contribution in [0.5, 0.6) is 0 Å². The predicted octanol–water partition coefficient (Wildman–Crippen LogP) is 1.26. The van der Waals surface area contributed by atoms with Crippen LogP contribution in [0.3, 0.4) is 0 Å². The van der Waals surface area contributed by atoms with Gasteiger partial charge >= 0.3 is 9.05 Å². The molecule has 0 aliphatic carbocycles. The summed E-state index contributed by atoms with van der Waals surface area (Å²) in [6.45, 7) is 0.400. The minimum atomic E-state index is -3.80. The molecule has 0 fully saturated rings. The first-order valence-corrected chi connectivity index (χ1v) is 7.93. The standard InChI is InChI=1S/C12H21NO7Si/c1-14-18-21(19-15-2,20-16-3)17-12(9-10-13)11-7-5-4-6-8-11/h4-8,12H,9-10,13H2,1-3H3. The van der Waals surface area contributed by atoms with Gasteiger partial charge in [0.1, 0.15) is 0 Å². The Morgan fingerprint density at radius 2 is 1.48 bits per heavy atom. The van der Waals surface area contributed by atoms with Gasteiger partial charge in [0.05, 0.1) is 27.4 Å². The Morgan fingerprint density at radius 3 is 1.90 bits per heavy atom. The lowest BCUT2D eigenvalue weighted by Gasteiger charge is -2.27. The van der Waals surface area contributed by atoms with E-state index >= 15 is 0 Å². The Kier molecular flexibility index (Phi) is 8.60. The molecule has 1 aromatic rings. The van der Waals surface area contributed by atoms with Crippen molar-refractivity contribution >= 4 is 9.05 Å². The fourth-order valence-corrected chi connectivity index (χ4v) is 3.11. The molecule has 2 N–H and O–H groups in total. The average molecular weight is 319 g/mol. The van der Waals surface area contributed by atoms with Gasteiger partial charge < -0.3 is 10.2 Å². The van der Waals surface area contributed by atoms with Crippen LogP contribution in [0.15, 0.2) is 30.3 Å². The maximum atomic E-state index is 5.80. The average Bonchev–Trinajstić information content (AvgIpc) is 2.48. The SMILES string of the molecule is COO[Si](OOC)(OOC)OC(CCN)c1ccccc1. The van der Waals surface area contributed by atoms with E-state index in [1.807, 2.05) is 30.3 Å². The molecular formula is C12H21NO7Si. The molecule has 0 spiro atoms. The molecule has 21 heavy (non-hydrogen) atoms. The van der Waals surface area contributed by atoms with Crippen molar-refractivity contribution in [2.45, 2.75) is 12.5 Å². The number of rotatable bonds is 11. The van der Waals surface area contributed by atoms with E-state index in [9.17, 15) is 0 Å². The third-order valence-corrected chi connectivity index (χ3v) is 4.13. The largest absolute Gasteiger partial charge is 0.764 e. The van der Waals surface area contributed by atoms with Crippen molar-refractivity contribution in [1.29, 1.82) is 0 Å². The molecule has 1 aromatic carbocycles. The highest BCUT2D eigenvalue weighted by molar-refractivity contribution is 6.52. The van der Waals surface area contributed by atoms with Gasteiger partial charge in [-0.25, -0.2) is 14.7 Å². The summed E-state index contributed by atoms with van der Waals surface area (Å²) in [7, 11) is 0.0849. The van der Waals surface area contributed by atoms with Gasteiger partial charge in [0.25, 0.3) is 0 Å². The predicted molar refractivity (Wildman–Crippen MR) is 74.0 cm³/mol. The van der Waals surface area contributed by atoms with Crippen LogP contribution in [0.2, 0.25) is 0 Å². The third kappa shape index (κ3) is 5.78. The summed E-state index contributed by atoms with van der Waals surface area (Å²) in [5.41, 5.74) is 6.51. The zero-order valence-electron chi connectivity index (χ0n) is 12.3. The van der Waals surface area contributed by atoms with Crippen molar-refractivity contribution < 1.29 is 32.8 Å². The number of benzene rings is 1. The van der Waals surface area contributed by atoms with Crippen molar-refractivity contribution in [3.63, 3.8) is 0 Å². The van der Waals surface area contributed by atoms with Gasteiger partial charge in [-0.2, -0.15) is 13.7 Å². The molecule has 8 nitrogen and oxygen atoms in total. The first kappa shape index (κ1) is 18.2. The summed E-state index contributed by atoms with van der Waals surface area (Å²) >= 11 is 0. The topological polar surface area (TPSA) is 90.6 Å². The van der Waals surface area contributed by atoms with Gasteiger partial charge in [0.15, 0.2) is 0 Å². The second-order valence-corrected chi connectivity index (χ2v) is 5.58. The van der Waals surface area contributed by atoms with Crippen LogP contribution in [0.4, 0.5) is 0 Å². The van der Waals surface area contributed by atoms with Gasteiger partial charge in [-0.1, -0.05) is 30.3 Å². The Bertz CT molecular complexity index is 364. The monoisotopic (exact) mass is 319 g/mol. The van der Waals surface area contributed by atoms with Crippen LogP contribution >= 0.6 is 0 Å². The smallest absolute Gasteiger partial charge is 0.340 e. The molecule has 0 saturated heterocycles. The molecule has 0 saturated carbocycles. The van der Waals surface area contributed by atoms with Crippen molar-refractivity contribution in [1.82, 2.24) is 0 Å². The van der Waals surface area contributed by atoms with Crippen molar-refractivity contribution in [2.75, 3.05) is 27.9 Å². The van der Waals surface area contributed by atoms with E-state index in [1.165, 1.54) is 21.3 Å². The first-order valence-electron chi connectivity index (χ1n) is 6.29. The quantitative estimate of drug-likeness (QED) is 0.370. The van der Waals surface area contributed by atoms with Crippen LogP contribution in [-0.2, 0) is 32.8 Å². The molecule has 9 heteroatoms. The summed E-state index contributed by atoms with van der Waals surface area (Å²) in [6.07, 6.45) is 0.0923. The second-order valence-electron chi connectivity index (χ2n) is 3.84. The molecule has 120 valence electrons. The highest BCUT2D eigenvalue weighted by atomic mass is 28.4. The minimum absolute atomic E-state index is 0.400. The Hall–Kier alpha value is -0.883. The fraction of sp³-hybridized carbons (Fsp3) is 0.500. The summed E-state index contributed by atoms with van der Waals surface area (Å²) in [6, 6.07) is 9.46. The van der Waals surface area contributed by atoms with E-state index < -0.39 is 15.2 Å². The van der Waals surface area contributed by atoms with Crippen molar-refractivity contribution in [2.24, 2.45) is 5.73 Å². The second kappa shape index (κ2) is 9.95. The molecule has 0 amide bonds. The van der Waals surface area contributed by atoms with E-state index in [2.05, 4.69) is 14.7 Å². The van der Waals surface area contributed by atoms with Crippen LogP contribution in [0, 0.1) is 0 Å². The number of hydrogen-bond acceptors (Lipinski definition) is 8. The van der Waals surface area contributed by atoms with Crippen LogP contribution in [0.1, 0.15) is 18.1 Å². The van der Waals surface area contributed by atoms with Crippen LogP contribution < -0.4 is 5.73 Å². The molecule has 1 atom stereocenters. The zero-order chi connectivity index (χ0) is 15.6. The zero-order valence-corrected chi connectivity index (χ0v) is 13.3. The van der Waals surface area contributed by atoms with E-state index in [1.54, 1.807) is 0 Å². The van der Waals surface area contributed by atoms with Crippen molar-refractivity contribution in [3.05, 3.63) is 35.9 Å². The Morgan fingerprint density at radius 1 is 0.952 bits per heavy atom. The molecule has 0 aromatic heterocycles. The first-order chi connectivity index (χ1) is 10.2. The highest BCUT2D eigenvalue weighted by Gasteiger charge is 2.53. The number of hydrogen-bond donors (Lipinski definition) is 1. The van der Waals surface area contributed by atoms with Crippen LogP contribution in [0.25, 0.3) is 0 Å². The Balaban J connectivity index is 2.94. The van der Waals surface area contributed by atoms with Crippen LogP contribution in [-0.4, -0.2) is 36.9 Å². The maximum Gasteiger partial charge on any atom is 0.764 e. The molecular weight excluding hydrogens is 298 g/mol. The van der Waals surface area contributed by atoms with Gasteiger partial charge in [-0.15, -0.1) is 0 Å². The van der Waals surface area contributed by atoms with Gasteiger partial charge in [0.2, 0.25) is 0 Å². The molecule has 0 aliphatic rings. The lowest BCUT2D eigenvalue weighted by Crippen LogP contribution is -2.49. The summed E-state index contributed by atoms with van der Waals surface area (Å²) in [5.74, 6) is 0. The van der Waals surface area contributed by atoms with E-state index in [0.29, 0.717) is 13.0 Å². The third-order valence-electron chi connectivity index (χ3n) is 2.44. The summed E-state index contributed by atoms with van der Waals surface area (Å²) in [4.78, 5) is 13.9. The number of nitrogens with two attached hydrogens (primary N) is 1. The summed E-state index contributed by atoms with van der Waals surface area (Å²) < 4.78 is 20.8.